The molecule has 124 valence electrons. The predicted octanol–water partition coefficient (Wildman–Crippen LogP) is 0.848. The van der Waals surface area contributed by atoms with E-state index >= 15 is 0 Å². The Bertz CT molecular complexity index is 535. The predicted molar refractivity (Wildman–Crippen MR) is 86.9 cm³/mol. The van der Waals surface area contributed by atoms with Gasteiger partial charge in [-0.2, -0.15) is 0 Å². The minimum absolute atomic E-state index is 0.0510. The van der Waals surface area contributed by atoms with Crippen LogP contribution in [0.3, 0.4) is 0 Å². The second-order valence-corrected chi connectivity index (χ2v) is 6.39. The third-order valence-electron chi connectivity index (χ3n) is 4.81. The van der Waals surface area contributed by atoms with Crippen molar-refractivity contribution in [1.29, 1.82) is 0 Å². The lowest BCUT2D eigenvalue weighted by molar-refractivity contribution is -0.122. The number of hydrogen-bond donors (Lipinski definition) is 3. The SMILES string of the molecule is O=C(NCCNC(=O)C1CC2CCCCC2N1)c1cccnc1. The molecule has 1 aliphatic carbocycles. The smallest absolute Gasteiger partial charge is 0.252 e. The number of aromatic nitrogens is 1. The van der Waals surface area contributed by atoms with Gasteiger partial charge in [0, 0.05) is 31.5 Å². The van der Waals surface area contributed by atoms with Crippen molar-refractivity contribution in [2.24, 2.45) is 5.92 Å². The highest BCUT2D eigenvalue weighted by atomic mass is 16.2. The lowest BCUT2D eigenvalue weighted by atomic mass is 9.85. The second kappa shape index (κ2) is 7.55. The number of hydrogen-bond acceptors (Lipinski definition) is 4. The lowest BCUT2D eigenvalue weighted by Gasteiger charge is -2.24. The Labute approximate surface area is 136 Å². The minimum Gasteiger partial charge on any atom is -0.353 e. The van der Waals surface area contributed by atoms with Gasteiger partial charge < -0.3 is 16.0 Å². The van der Waals surface area contributed by atoms with Crippen molar-refractivity contribution in [3.05, 3.63) is 30.1 Å². The standard InChI is InChI=1S/C17H24N4O2/c22-16(13-5-3-7-18-11-13)19-8-9-20-17(23)15-10-12-4-1-2-6-14(12)21-15/h3,5,7,11-12,14-15,21H,1-2,4,6,8-10H2,(H,19,22)(H,20,23). The van der Waals surface area contributed by atoms with Crippen LogP contribution in [0, 0.1) is 5.92 Å². The molecule has 3 N–H and O–H groups in total. The van der Waals surface area contributed by atoms with Gasteiger partial charge in [-0.05, 0) is 37.3 Å². The van der Waals surface area contributed by atoms with Crippen LogP contribution >= 0.6 is 0 Å². The fourth-order valence-electron chi connectivity index (χ4n) is 3.61. The Balaban J connectivity index is 1.36. The average Bonchev–Trinajstić information content (AvgIpc) is 3.03. The molecule has 1 aromatic rings. The summed E-state index contributed by atoms with van der Waals surface area (Å²) >= 11 is 0. The van der Waals surface area contributed by atoms with E-state index in [2.05, 4.69) is 20.9 Å². The first-order valence-electron chi connectivity index (χ1n) is 8.46. The van der Waals surface area contributed by atoms with Gasteiger partial charge in [0.15, 0.2) is 0 Å². The van der Waals surface area contributed by atoms with Crippen molar-refractivity contribution in [3.8, 4) is 0 Å². The summed E-state index contributed by atoms with van der Waals surface area (Å²) in [6.45, 7) is 0.859. The highest BCUT2D eigenvalue weighted by Crippen LogP contribution is 2.33. The van der Waals surface area contributed by atoms with E-state index in [4.69, 9.17) is 0 Å². The van der Waals surface area contributed by atoms with Crippen molar-refractivity contribution >= 4 is 11.8 Å². The first-order chi connectivity index (χ1) is 11.2. The molecule has 3 unspecified atom stereocenters. The number of fused-ring (bicyclic) bond motifs is 1. The molecule has 6 heteroatoms. The zero-order valence-corrected chi connectivity index (χ0v) is 13.3. The van der Waals surface area contributed by atoms with E-state index in [1.54, 1.807) is 18.3 Å². The number of pyridine rings is 1. The van der Waals surface area contributed by atoms with Gasteiger partial charge in [-0.1, -0.05) is 12.8 Å². The van der Waals surface area contributed by atoms with Crippen molar-refractivity contribution in [2.75, 3.05) is 13.1 Å². The van der Waals surface area contributed by atoms with Crippen LogP contribution in [0.25, 0.3) is 0 Å². The third-order valence-corrected chi connectivity index (χ3v) is 4.81. The summed E-state index contributed by atoms with van der Waals surface area (Å²) in [5.41, 5.74) is 0.528. The lowest BCUT2D eigenvalue weighted by Crippen LogP contribution is -2.45. The Morgan fingerprint density at radius 2 is 2.04 bits per heavy atom. The maximum atomic E-state index is 12.2. The first kappa shape index (κ1) is 15.9. The highest BCUT2D eigenvalue weighted by Gasteiger charge is 2.37. The van der Waals surface area contributed by atoms with E-state index in [9.17, 15) is 9.59 Å². The molecular weight excluding hydrogens is 292 g/mol. The molecule has 0 bridgehead atoms. The molecule has 23 heavy (non-hydrogen) atoms. The van der Waals surface area contributed by atoms with Gasteiger partial charge in [-0.3, -0.25) is 14.6 Å². The van der Waals surface area contributed by atoms with Gasteiger partial charge in [0.05, 0.1) is 11.6 Å². The van der Waals surface area contributed by atoms with E-state index in [-0.39, 0.29) is 17.9 Å². The number of nitrogens with one attached hydrogen (secondary N) is 3. The van der Waals surface area contributed by atoms with Crippen LogP contribution in [0.1, 0.15) is 42.5 Å². The Morgan fingerprint density at radius 3 is 2.83 bits per heavy atom. The van der Waals surface area contributed by atoms with Crippen molar-refractivity contribution in [3.63, 3.8) is 0 Å². The normalized spacial score (nSPS) is 26.3. The van der Waals surface area contributed by atoms with Crippen molar-refractivity contribution < 1.29 is 9.59 Å². The summed E-state index contributed by atoms with van der Waals surface area (Å²) in [5.74, 6) is 0.539. The molecule has 2 heterocycles. The molecule has 1 saturated heterocycles. The Morgan fingerprint density at radius 1 is 1.22 bits per heavy atom. The summed E-state index contributed by atoms with van der Waals surface area (Å²) in [4.78, 5) is 28.0. The summed E-state index contributed by atoms with van der Waals surface area (Å²) < 4.78 is 0. The number of amides is 2. The van der Waals surface area contributed by atoms with E-state index in [1.165, 1.54) is 31.9 Å². The molecule has 1 saturated carbocycles. The van der Waals surface area contributed by atoms with Crippen molar-refractivity contribution in [1.82, 2.24) is 20.9 Å². The minimum atomic E-state index is -0.169. The van der Waals surface area contributed by atoms with E-state index in [0.29, 0.717) is 30.6 Å². The van der Waals surface area contributed by atoms with Gasteiger partial charge in [0.1, 0.15) is 0 Å². The third kappa shape index (κ3) is 4.07. The second-order valence-electron chi connectivity index (χ2n) is 6.39. The van der Waals surface area contributed by atoms with Gasteiger partial charge >= 0.3 is 0 Å². The van der Waals surface area contributed by atoms with Crippen LogP contribution in [0.15, 0.2) is 24.5 Å². The monoisotopic (exact) mass is 316 g/mol. The molecule has 0 aromatic carbocycles. The van der Waals surface area contributed by atoms with Gasteiger partial charge in [-0.15, -0.1) is 0 Å². The van der Waals surface area contributed by atoms with Crippen LogP contribution in [0.2, 0.25) is 0 Å². The Kier molecular flexibility index (Phi) is 5.23. The van der Waals surface area contributed by atoms with Crippen LogP contribution in [0.5, 0.6) is 0 Å². The van der Waals surface area contributed by atoms with Crippen LogP contribution in [0.4, 0.5) is 0 Å². The van der Waals surface area contributed by atoms with Crippen molar-refractivity contribution in [2.45, 2.75) is 44.2 Å². The molecule has 0 spiro atoms. The summed E-state index contributed by atoms with van der Waals surface area (Å²) in [6, 6.07) is 3.88. The number of rotatable bonds is 5. The molecule has 6 nitrogen and oxygen atoms in total. The molecule has 3 rings (SSSR count). The fraction of sp³-hybridized carbons (Fsp3) is 0.588. The van der Waals surface area contributed by atoms with Gasteiger partial charge in [0.25, 0.3) is 5.91 Å². The summed E-state index contributed by atoms with van der Waals surface area (Å²) in [6.07, 6.45) is 9.08. The van der Waals surface area contributed by atoms with E-state index in [1.807, 2.05) is 0 Å². The van der Waals surface area contributed by atoms with Gasteiger partial charge in [0.2, 0.25) is 5.91 Å². The molecule has 3 atom stereocenters. The maximum Gasteiger partial charge on any atom is 0.252 e. The zero-order valence-electron chi connectivity index (χ0n) is 13.3. The topological polar surface area (TPSA) is 83.1 Å². The summed E-state index contributed by atoms with van der Waals surface area (Å²) in [7, 11) is 0. The quantitative estimate of drug-likeness (QED) is 0.703. The van der Waals surface area contributed by atoms with Gasteiger partial charge in [-0.25, -0.2) is 0 Å². The Hall–Kier alpha value is -1.95. The molecule has 2 fully saturated rings. The first-order valence-corrected chi connectivity index (χ1v) is 8.46. The zero-order chi connectivity index (χ0) is 16.1. The summed E-state index contributed by atoms with van der Waals surface area (Å²) in [5, 5.41) is 9.15. The number of nitrogens with zero attached hydrogens (tertiary/aromatic N) is 1. The molecule has 0 radical (unpaired) electrons. The maximum absolute atomic E-state index is 12.2. The number of carbonyl (C=O) groups is 2. The highest BCUT2D eigenvalue weighted by molar-refractivity contribution is 5.93. The van der Waals surface area contributed by atoms with E-state index in [0.717, 1.165) is 6.42 Å². The largest absolute Gasteiger partial charge is 0.353 e. The molecule has 2 amide bonds. The average molecular weight is 316 g/mol. The fourth-order valence-corrected chi connectivity index (χ4v) is 3.61. The molecule has 2 aliphatic rings. The molecular formula is C17H24N4O2. The number of carbonyl (C=O) groups excluding carboxylic acids is 2. The molecule has 1 aliphatic heterocycles. The van der Waals surface area contributed by atoms with Crippen LogP contribution in [-0.4, -0.2) is 42.0 Å². The van der Waals surface area contributed by atoms with Crippen LogP contribution in [-0.2, 0) is 4.79 Å². The van der Waals surface area contributed by atoms with E-state index < -0.39 is 0 Å². The molecule has 1 aromatic heterocycles. The van der Waals surface area contributed by atoms with Crippen LogP contribution < -0.4 is 16.0 Å².